The summed E-state index contributed by atoms with van der Waals surface area (Å²) in [5.41, 5.74) is 4.71. The highest BCUT2D eigenvalue weighted by Crippen LogP contribution is 2.20. The van der Waals surface area contributed by atoms with Crippen molar-refractivity contribution in [3.63, 3.8) is 0 Å². The Morgan fingerprint density at radius 2 is 1.78 bits per heavy atom. The normalized spacial score (nSPS) is 11.3. The molecule has 0 saturated carbocycles. The molecule has 0 saturated heterocycles. The molecule has 0 spiro atoms. The first kappa shape index (κ1) is 11.1. The van der Waals surface area contributed by atoms with Gasteiger partial charge < -0.3 is 0 Å². The van der Waals surface area contributed by atoms with Crippen molar-refractivity contribution in [3.05, 3.63) is 47.8 Å². The largest absolute Gasteiger partial charge is 0.240 e. The quantitative estimate of drug-likeness (QED) is 0.469. The van der Waals surface area contributed by atoms with E-state index in [2.05, 4.69) is 61.9 Å². The standard InChI is InChI=1S/C16H17N2/c1-4-15-11(2)17-14-9-12-7-5-6-8-13(12)10-16(14)18(15)3/h5-10H,4H2,1-3H3/q+1. The van der Waals surface area contributed by atoms with Crippen LogP contribution in [0.5, 0.6) is 0 Å². The van der Waals surface area contributed by atoms with E-state index in [4.69, 9.17) is 4.98 Å². The van der Waals surface area contributed by atoms with Crippen LogP contribution < -0.4 is 4.57 Å². The molecule has 0 unspecified atom stereocenters. The van der Waals surface area contributed by atoms with Crippen LogP contribution in [-0.4, -0.2) is 4.98 Å². The van der Waals surface area contributed by atoms with Crippen LogP contribution in [0, 0.1) is 6.92 Å². The summed E-state index contributed by atoms with van der Waals surface area (Å²) >= 11 is 0. The zero-order valence-corrected chi connectivity index (χ0v) is 11.1. The van der Waals surface area contributed by atoms with Gasteiger partial charge in [-0.3, -0.25) is 0 Å². The third-order valence-electron chi connectivity index (χ3n) is 3.65. The zero-order valence-electron chi connectivity index (χ0n) is 11.1. The number of fused-ring (bicyclic) bond motifs is 2. The lowest BCUT2D eigenvalue weighted by molar-refractivity contribution is -0.653. The summed E-state index contributed by atoms with van der Waals surface area (Å²) in [7, 11) is 2.13. The maximum absolute atomic E-state index is 4.74. The van der Waals surface area contributed by atoms with Gasteiger partial charge >= 0.3 is 0 Å². The summed E-state index contributed by atoms with van der Waals surface area (Å²) in [6, 6.07) is 12.9. The van der Waals surface area contributed by atoms with Gasteiger partial charge in [0, 0.05) is 12.5 Å². The number of aromatic nitrogens is 2. The van der Waals surface area contributed by atoms with Gasteiger partial charge in [-0.1, -0.05) is 31.2 Å². The fourth-order valence-electron chi connectivity index (χ4n) is 2.70. The molecule has 2 nitrogen and oxygen atoms in total. The summed E-state index contributed by atoms with van der Waals surface area (Å²) in [6.07, 6.45) is 1.01. The number of benzene rings is 2. The maximum atomic E-state index is 4.74. The molecule has 0 N–H and O–H groups in total. The van der Waals surface area contributed by atoms with Crippen molar-refractivity contribution in [3.8, 4) is 0 Å². The molecule has 0 amide bonds. The minimum absolute atomic E-state index is 1.01. The van der Waals surface area contributed by atoms with E-state index in [1.165, 1.54) is 22.0 Å². The Hall–Kier alpha value is -1.96. The van der Waals surface area contributed by atoms with Crippen LogP contribution in [-0.2, 0) is 13.5 Å². The molecule has 1 aromatic heterocycles. The van der Waals surface area contributed by atoms with E-state index in [0.717, 1.165) is 17.6 Å². The lowest BCUT2D eigenvalue weighted by atomic mass is 10.1. The SMILES string of the molecule is CCc1c(C)nc2cc3ccccc3cc2[n+]1C. The van der Waals surface area contributed by atoms with E-state index in [1.807, 2.05) is 0 Å². The fraction of sp³-hybridized carbons (Fsp3) is 0.250. The summed E-state index contributed by atoms with van der Waals surface area (Å²) in [6.45, 7) is 4.27. The van der Waals surface area contributed by atoms with Crippen LogP contribution in [0.3, 0.4) is 0 Å². The van der Waals surface area contributed by atoms with Crippen LogP contribution in [0.15, 0.2) is 36.4 Å². The van der Waals surface area contributed by atoms with Gasteiger partial charge in [0.2, 0.25) is 11.2 Å². The predicted molar refractivity (Wildman–Crippen MR) is 74.5 cm³/mol. The van der Waals surface area contributed by atoms with Gasteiger partial charge in [-0.15, -0.1) is 0 Å². The molecule has 2 heteroatoms. The molecule has 90 valence electrons. The Bertz CT molecular complexity index is 745. The Balaban J connectivity index is 2.47. The highest BCUT2D eigenvalue weighted by atomic mass is 15.0. The van der Waals surface area contributed by atoms with E-state index in [0.29, 0.717) is 0 Å². The summed E-state index contributed by atoms with van der Waals surface area (Å²) in [4.78, 5) is 4.74. The highest BCUT2D eigenvalue weighted by molar-refractivity contribution is 5.93. The Kier molecular flexibility index (Phi) is 2.51. The van der Waals surface area contributed by atoms with E-state index < -0.39 is 0 Å². The van der Waals surface area contributed by atoms with Gasteiger partial charge in [-0.2, -0.15) is 4.57 Å². The molecule has 1 heterocycles. The number of hydrogen-bond donors (Lipinski definition) is 0. The monoisotopic (exact) mass is 237 g/mol. The van der Waals surface area contributed by atoms with E-state index >= 15 is 0 Å². The molecule has 0 fully saturated rings. The van der Waals surface area contributed by atoms with Gasteiger partial charge in [0.1, 0.15) is 18.3 Å². The molecule has 0 radical (unpaired) electrons. The van der Waals surface area contributed by atoms with Crippen molar-refractivity contribution in [1.29, 1.82) is 0 Å². The van der Waals surface area contributed by atoms with Crippen molar-refractivity contribution in [2.24, 2.45) is 7.05 Å². The van der Waals surface area contributed by atoms with Crippen LogP contribution in [0.4, 0.5) is 0 Å². The van der Waals surface area contributed by atoms with Crippen molar-refractivity contribution >= 4 is 21.8 Å². The van der Waals surface area contributed by atoms with Gasteiger partial charge in [-0.05, 0) is 23.8 Å². The second kappa shape index (κ2) is 4.05. The maximum Gasteiger partial charge on any atom is 0.231 e. The molecule has 0 atom stereocenters. The first-order valence-corrected chi connectivity index (χ1v) is 6.38. The molecule has 18 heavy (non-hydrogen) atoms. The molecular weight excluding hydrogens is 220 g/mol. The molecule has 0 bridgehead atoms. The van der Waals surface area contributed by atoms with Crippen LogP contribution in [0.25, 0.3) is 21.8 Å². The third-order valence-corrected chi connectivity index (χ3v) is 3.65. The van der Waals surface area contributed by atoms with Gasteiger partial charge in [0.05, 0.1) is 0 Å². The Morgan fingerprint density at radius 3 is 2.44 bits per heavy atom. The molecule has 3 rings (SSSR count). The van der Waals surface area contributed by atoms with Crippen LogP contribution >= 0.6 is 0 Å². The second-order valence-electron chi connectivity index (χ2n) is 4.74. The predicted octanol–water partition coefficient (Wildman–Crippen LogP) is 3.08. The number of nitrogens with zero attached hydrogens (tertiary/aromatic N) is 2. The lowest BCUT2D eigenvalue weighted by Gasteiger charge is -2.06. The Labute approximate surface area is 107 Å². The molecule has 0 aliphatic carbocycles. The summed E-state index contributed by atoms with van der Waals surface area (Å²) in [5.74, 6) is 0. The summed E-state index contributed by atoms with van der Waals surface area (Å²) in [5, 5.41) is 2.52. The van der Waals surface area contributed by atoms with Gasteiger partial charge in [0.25, 0.3) is 0 Å². The lowest BCUT2D eigenvalue weighted by Crippen LogP contribution is -2.36. The third kappa shape index (κ3) is 1.57. The zero-order chi connectivity index (χ0) is 12.7. The van der Waals surface area contributed by atoms with Crippen molar-refractivity contribution in [1.82, 2.24) is 4.98 Å². The van der Waals surface area contributed by atoms with Crippen molar-refractivity contribution < 1.29 is 4.57 Å². The second-order valence-corrected chi connectivity index (χ2v) is 4.74. The van der Waals surface area contributed by atoms with Crippen molar-refractivity contribution in [2.45, 2.75) is 20.3 Å². The molecule has 3 aromatic rings. The summed E-state index contributed by atoms with van der Waals surface area (Å²) < 4.78 is 2.27. The molecule has 0 aliphatic rings. The number of hydrogen-bond acceptors (Lipinski definition) is 1. The molecule has 2 aromatic carbocycles. The fourth-order valence-corrected chi connectivity index (χ4v) is 2.70. The number of rotatable bonds is 1. The van der Waals surface area contributed by atoms with Crippen LogP contribution in [0.1, 0.15) is 18.3 Å². The van der Waals surface area contributed by atoms with Gasteiger partial charge in [0.15, 0.2) is 0 Å². The van der Waals surface area contributed by atoms with Crippen molar-refractivity contribution in [2.75, 3.05) is 0 Å². The highest BCUT2D eigenvalue weighted by Gasteiger charge is 2.15. The average Bonchev–Trinajstić information content (AvgIpc) is 2.37. The van der Waals surface area contributed by atoms with E-state index in [9.17, 15) is 0 Å². The number of aryl methyl sites for hydroxylation is 2. The van der Waals surface area contributed by atoms with E-state index in [1.54, 1.807) is 0 Å². The van der Waals surface area contributed by atoms with Crippen LogP contribution in [0.2, 0.25) is 0 Å². The van der Waals surface area contributed by atoms with E-state index in [-0.39, 0.29) is 0 Å². The smallest absolute Gasteiger partial charge is 0.231 e. The van der Waals surface area contributed by atoms with Gasteiger partial charge in [-0.25, -0.2) is 4.98 Å². The minimum Gasteiger partial charge on any atom is -0.240 e. The topological polar surface area (TPSA) is 16.8 Å². The first-order chi connectivity index (χ1) is 8.70. The molecule has 0 aliphatic heterocycles. The Morgan fingerprint density at radius 1 is 1.11 bits per heavy atom. The average molecular weight is 237 g/mol. The first-order valence-electron chi connectivity index (χ1n) is 6.38. The minimum atomic E-state index is 1.01. The molecular formula is C16H17N2+.